The molecular formula is C14H28N2. The lowest BCUT2D eigenvalue weighted by Gasteiger charge is -2.37. The molecule has 0 amide bonds. The Morgan fingerprint density at radius 2 is 1.88 bits per heavy atom. The molecule has 2 rings (SSSR count). The Balaban J connectivity index is 1.72. The van der Waals surface area contributed by atoms with E-state index >= 15 is 0 Å². The molecule has 0 bridgehead atoms. The van der Waals surface area contributed by atoms with Crippen LogP contribution in [-0.4, -0.2) is 36.1 Å². The molecule has 0 aromatic carbocycles. The van der Waals surface area contributed by atoms with Gasteiger partial charge in [-0.3, -0.25) is 4.90 Å². The average molecular weight is 224 g/mol. The van der Waals surface area contributed by atoms with E-state index in [1.807, 2.05) is 0 Å². The average Bonchev–Trinajstić information content (AvgIpc) is 2.74. The summed E-state index contributed by atoms with van der Waals surface area (Å²) in [6.45, 7) is 7.23. The van der Waals surface area contributed by atoms with Crippen molar-refractivity contribution in [3.8, 4) is 0 Å². The minimum atomic E-state index is 0.814. The van der Waals surface area contributed by atoms with Crippen LogP contribution >= 0.6 is 0 Å². The fourth-order valence-corrected chi connectivity index (χ4v) is 3.46. The summed E-state index contributed by atoms with van der Waals surface area (Å²) in [5.74, 6) is 0. The van der Waals surface area contributed by atoms with Crippen LogP contribution in [0.15, 0.2) is 0 Å². The molecule has 2 nitrogen and oxygen atoms in total. The number of rotatable bonds is 4. The first-order chi connectivity index (χ1) is 7.81. The molecule has 1 unspecified atom stereocenters. The molecule has 2 aliphatic rings. The highest BCUT2D eigenvalue weighted by Crippen LogP contribution is 2.29. The summed E-state index contributed by atoms with van der Waals surface area (Å²) in [7, 11) is 0. The van der Waals surface area contributed by atoms with Crippen molar-refractivity contribution in [1.82, 2.24) is 10.2 Å². The van der Waals surface area contributed by atoms with Gasteiger partial charge in [0.1, 0.15) is 0 Å². The van der Waals surface area contributed by atoms with E-state index in [-0.39, 0.29) is 0 Å². The highest BCUT2D eigenvalue weighted by molar-refractivity contribution is 4.87. The quantitative estimate of drug-likeness (QED) is 0.790. The molecule has 1 heterocycles. The summed E-state index contributed by atoms with van der Waals surface area (Å²) in [5.41, 5.74) is 0. The summed E-state index contributed by atoms with van der Waals surface area (Å²) < 4.78 is 0. The van der Waals surface area contributed by atoms with Crippen LogP contribution < -0.4 is 5.32 Å². The third kappa shape index (κ3) is 2.98. The van der Waals surface area contributed by atoms with Crippen molar-refractivity contribution in [3.63, 3.8) is 0 Å². The molecule has 1 saturated carbocycles. The monoisotopic (exact) mass is 224 g/mol. The first kappa shape index (κ1) is 12.4. The van der Waals surface area contributed by atoms with Crippen molar-refractivity contribution in [2.75, 3.05) is 13.1 Å². The van der Waals surface area contributed by atoms with Crippen molar-refractivity contribution in [2.45, 2.75) is 76.9 Å². The minimum absolute atomic E-state index is 0.814. The van der Waals surface area contributed by atoms with Crippen molar-refractivity contribution >= 4 is 0 Å². The standard InChI is InChI=1S/C14H28N2/c1-3-10-15-13-6-8-14(9-7-13)16-11-4-5-12(16)2/h12-15H,3-11H2,1-2H3. The van der Waals surface area contributed by atoms with E-state index in [1.54, 1.807) is 0 Å². The van der Waals surface area contributed by atoms with E-state index in [9.17, 15) is 0 Å². The normalized spacial score (nSPS) is 36.8. The maximum Gasteiger partial charge on any atom is 0.00992 e. The Kier molecular flexibility index (Phi) is 4.66. The van der Waals surface area contributed by atoms with Crippen LogP contribution in [0, 0.1) is 0 Å². The second-order valence-corrected chi connectivity index (χ2v) is 5.69. The summed E-state index contributed by atoms with van der Waals surface area (Å²) in [5, 5.41) is 3.68. The molecular weight excluding hydrogens is 196 g/mol. The first-order valence-corrected chi connectivity index (χ1v) is 7.30. The Labute approximate surface area is 101 Å². The Morgan fingerprint density at radius 1 is 1.12 bits per heavy atom. The maximum atomic E-state index is 3.68. The largest absolute Gasteiger partial charge is 0.314 e. The second-order valence-electron chi connectivity index (χ2n) is 5.69. The van der Waals surface area contributed by atoms with Crippen molar-refractivity contribution in [3.05, 3.63) is 0 Å². The molecule has 1 saturated heterocycles. The smallest absolute Gasteiger partial charge is 0.00992 e. The highest BCUT2D eigenvalue weighted by Gasteiger charge is 2.30. The van der Waals surface area contributed by atoms with Crippen molar-refractivity contribution in [2.24, 2.45) is 0 Å². The van der Waals surface area contributed by atoms with E-state index in [1.165, 1.54) is 58.0 Å². The van der Waals surface area contributed by atoms with Gasteiger partial charge in [-0.1, -0.05) is 6.92 Å². The van der Waals surface area contributed by atoms with Gasteiger partial charge in [0.2, 0.25) is 0 Å². The lowest BCUT2D eigenvalue weighted by atomic mass is 9.90. The SMILES string of the molecule is CCCNC1CCC(N2CCCC2C)CC1. The van der Waals surface area contributed by atoms with Gasteiger partial charge in [-0.05, 0) is 65.0 Å². The maximum absolute atomic E-state index is 3.68. The summed E-state index contributed by atoms with van der Waals surface area (Å²) >= 11 is 0. The van der Waals surface area contributed by atoms with Gasteiger partial charge in [-0.25, -0.2) is 0 Å². The third-order valence-corrected chi connectivity index (χ3v) is 4.45. The van der Waals surface area contributed by atoms with E-state index < -0.39 is 0 Å². The molecule has 16 heavy (non-hydrogen) atoms. The third-order valence-electron chi connectivity index (χ3n) is 4.45. The van der Waals surface area contributed by atoms with Gasteiger partial charge in [0.15, 0.2) is 0 Å². The predicted octanol–water partition coefficient (Wildman–Crippen LogP) is 2.78. The molecule has 2 fully saturated rings. The summed E-state index contributed by atoms with van der Waals surface area (Å²) in [6.07, 6.45) is 9.76. The zero-order chi connectivity index (χ0) is 11.4. The molecule has 1 N–H and O–H groups in total. The van der Waals surface area contributed by atoms with Crippen LogP contribution in [0.2, 0.25) is 0 Å². The van der Waals surface area contributed by atoms with E-state index in [0.29, 0.717) is 0 Å². The molecule has 2 heteroatoms. The topological polar surface area (TPSA) is 15.3 Å². The lowest BCUT2D eigenvalue weighted by molar-refractivity contribution is 0.138. The number of nitrogens with zero attached hydrogens (tertiary/aromatic N) is 1. The van der Waals surface area contributed by atoms with Gasteiger partial charge in [0, 0.05) is 18.1 Å². The molecule has 0 aromatic rings. The zero-order valence-corrected chi connectivity index (χ0v) is 11.0. The summed E-state index contributed by atoms with van der Waals surface area (Å²) in [4.78, 5) is 2.77. The Hall–Kier alpha value is -0.0800. The molecule has 1 aliphatic heterocycles. The predicted molar refractivity (Wildman–Crippen MR) is 69.7 cm³/mol. The number of likely N-dealkylation sites (tertiary alicyclic amines) is 1. The zero-order valence-electron chi connectivity index (χ0n) is 11.0. The minimum Gasteiger partial charge on any atom is -0.314 e. The van der Waals surface area contributed by atoms with Crippen LogP contribution in [0.25, 0.3) is 0 Å². The van der Waals surface area contributed by atoms with E-state index in [0.717, 1.165) is 18.1 Å². The number of nitrogens with one attached hydrogen (secondary N) is 1. The first-order valence-electron chi connectivity index (χ1n) is 7.30. The van der Waals surface area contributed by atoms with Crippen LogP contribution in [0.5, 0.6) is 0 Å². The number of hydrogen-bond donors (Lipinski definition) is 1. The van der Waals surface area contributed by atoms with Crippen LogP contribution in [0.3, 0.4) is 0 Å². The van der Waals surface area contributed by atoms with E-state index in [2.05, 4.69) is 24.1 Å². The van der Waals surface area contributed by atoms with Gasteiger partial charge >= 0.3 is 0 Å². The fraction of sp³-hybridized carbons (Fsp3) is 1.00. The Bertz CT molecular complexity index is 197. The van der Waals surface area contributed by atoms with Crippen LogP contribution in [0.1, 0.15) is 58.8 Å². The van der Waals surface area contributed by atoms with Crippen LogP contribution in [0.4, 0.5) is 0 Å². The second kappa shape index (κ2) is 6.02. The van der Waals surface area contributed by atoms with Crippen molar-refractivity contribution < 1.29 is 0 Å². The van der Waals surface area contributed by atoms with Gasteiger partial charge in [-0.15, -0.1) is 0 Å². The molecule has 1 atom stereocenters. The van der Waals surface area contributed by atoms with Crippen LogP contribution in [-0.2, 0) is 0 Å². The molecule has 0 spiro atoms. The summed E-state index contributed by atoms with van der Waals surface area (Å²) in [6, 6.07) is 2.57. The molecule has 0 radical (unpaired) electrons. The van der Waals surface area contributed by atoms with Gasteiger partial charge < -0.3 is 5.32 Å². The Morgan fingerprint density at radius 3 is 2.44 bits per heavy atom. The van der Waals surface area contributed by atoms with E-state index in [4.69, 9.17) is 0 Å². The lowest BCUT2D eigenvalue weighted by Crippen LogP contribution is -2.43. The highest BCUT2D eigenvalue weighted by atomic mass is 15.2. The van der Waals surface area contributed by atoms with Gasteiger partial charge in [0.05, 0.1) is 0 Å². The number of hydrogen-bond acceptors (Lipinski definition) is 2. The van der Waals surface area contributed by atoms with Gasteiger partial charge in [-0.2, -0.15) is 0 Å². The fourth-order valence-electron chi connectivity index (χ4n) is 3.46. The molecule has 94 valence electrons. The molecule has 0 aromatic heterocycles. The van der Waals surface area contributed by atoms with Crippen molar-refractivity contribution in [1.29, 1.82) is 0 Å². The molecule has 1 aliphatic carbocycles. The van der Waals surface area contributed by atoms with Gasteiger partial charge in [0.25, 0.3) is 0 Å².